The highest BCUT2D eigenvalue weighted by Crippen LogP contribution is 2.20. The molecule has 0 spiro atoms. The average molecular weight is 293 g/mol. The monoisotopic (exact) mass is 293 g/mol. The smallest absolute Gasteiger partial charge is 0.224 e. The molecule has 6 heteroatoms. The molecule has 1 atom stereocenters. The molecular weight excluding hydrogens is 273 g/mol. The Balaban J connectivity index is 1.90. The number of rotatable bonds is 5. The molecule has 0 aliphatic carbocycles. The summed E-state index contributed by atoms with van der Waals surface area (Å²) < 4.78 is 13.7. The third kappa shape index (κ3) is 4.82. The first-order valence-corrected chi connectivity index (χ1v) is 7.15. The number of anilines is 2. The zero-order valence-electron chi connectivity index (χ0n) is 12.0. The van der Waals surface area contributed by atoms with Gasteiger partial charge in [-0.15, -0.1) is 0 Å². The molecule has 1 aliphatic heterocycles. The van der Waals surface area contributed by atoms with Crippen LogP contribution in [0, 0.1) is 5.82 Å². The minimum Gasteiger partial charge on any atom is -0.326 e. The number of nitrogens with one attached hydrogen (secondary N) is 3. The number of amides is 2. The van der Waals surface area contributed by atoms with E-state index >= 15 is 0 Å². The second-order valence-corrected chi connectivity index (χ2v) is 5.26. The van der Waals surface area contributed by atoms with Crippen molar-refractivity contribution >= 4 is 23.2 Å². The van der Waals surface area contributed by atoms with Crippen LogP contribution in [-0.4, -0.2) is 24.4 Å². The molecule has 0 bridgehead atoms. The van der Waals surface area contributed by atoms with Gasteiger partial charge in [0.05, 0.1) is 5.69 Å². The number of hydrogen-bond acceptors (Lipinski definition) is 3. The van der Waals surface area contributed by atoms with Crippen molar-refractivity contribution in [2.45, 2.75) is 38.6 Å². The first-order chi connectivity index (χ1) is 10.0. The highest BCUT2D eigenvalue weighted by atomic mass is 19.1. The third-order valence-corrected chi connectivity index (χ3v) is 3.44. The van der Waals surface area contributed by atoms with Gasteiger partial charge < -0.3 is 16.0 Å². The minimum atomic E-state index is -0.517. The van der Waals surface area contributed by atoms with Gasteiger partial charge in [-0.05, 0) is 44.0 Å². The molecule has 1 aromatic carbocycles. The van der Waals surface area contributed by atoms with Crippen LogP contribution in [0.25, 0.3) is 0 Å². The van der Waals surface area contributed by atoms with Crippen LogP contribution in [0.2, 0.25) is 0 Å². The Bertz CT molecular complexity index is 528. The van der Waals surface area contributed by atoms with Crippen molar-refractivity contribution in [3.05, 3.63) is 24.0 Å². The van der Waals surface area contributed by atoms with E-state index in [-0.39, 0.29) is 17.5 Å². The predicted octanol–water partition coefficient (Wildman–Crippen LogP) is 2.25. The maximum atomic E-state index is 13.7. The Morgan fingerprint density at radius 1 is 1.38 bits per heavy atom. The fraction of sp³-hybridized carbons (Fsp3) is 0.467. The Morgan fingerprint density at radius 3 is 2.86 bits per heavy atom. The highest BCUT2D eigenvalue weighted by Gasteiger charge is 2.16. The zero-order chi connectivity index (χ0) is 15.2. The van der Waals surface area contributed by atoms with E-state index in [1.54, 1.807) is 0 Å². The number of carbonyl (C=O) groups is 2. The summed E-state index contributed by atoms with van der Waals surface area (Å²) in [7, 11) is 0. The molecular formula is C15H20FN3O2. The van der Waals surface area contributed by atoms with Crippen molar-refractivity contribution in [2.24, 2.45) is 0 Å². The van der Waals surface area contributed by atoms with E-state index < -0.39 is 5.82 Å². The molecule has 1 heterocycles. The van der Waals surface area contributed by atoms with Crippen molar-refractivity contribution in [2.75, 3.05) is 17.2 Å². The summed E-state index contributed by atoms with van der Waals surface area (Å²) >= 11 is 0. The summed E-state index contributed by atoms with van der Waals surface area (Å²) in [6.07, 6.45) is 3.32. The molecule has 21 heavy (non-hydrogen) atoms. The standard InChI is InChI=1S/C15H20FN3O2/c1-10(20)18-12-4-6-13(16)14(9-12)19-15(21)7-5-11-3-2-8-17-11/h4,6,9,11,17H,2-3,5,7-8H2,1H3,(H,18,20)(H,19,21). The Kier molecular flexibility index (Phi) is 5.27. The lowest BCUT2D eigenvalue weighted by atomic mass is 10.1. The summed E-state index contributed by atoms with van der Waals surface area (Å²) in [5.74, 6) is -0.981. The van der Waals surface area contributed by atoms with E-state index in [0.717, 1.165) is 25.8 Å². The lowest BCUT2D eigenvalue weighted by molar-refractivity contribution is -0.116. The second kappa shape index (κ2) is 7.17. The third-order valence-electron chi connectivity index (χ3n) is 3.44. The predicted molar refractivity (Wildman–Crippen MR) is 79.6 cm³/mol. The highest BCUT2D eigenvalue weighted by molar-refractivity contribution is 5.93. The maximum absolute atomic E-state index is 13.7. The van der Waals surface area contributed by atoms with Crippen LogP contribution < -0.4 is 16.0 Å². The van der Waals surface area contributed by atoms with Crippen molar-refractivity contribution in [3.63, 3.8) is 0 Å². The lowest BCUT2D eigenvalue weighted by Gasteiger charge is -2.11. The summed E-state index contributed by atoms with van der Waals surface area (Å²) in [4.78, 5) is 22.8. The number of halogens is 1. The van der Waals surface area contributed by atoms with Gasteiger partial charge in [0.25, 0.3) is 0 Å². The van der Waals surface area contributed by atoms with Crippen molar-refractivity contribution < 1.29 is 14.0 Å². The molecule has 0 radical (unpaired) electrons. The van der Waals surface area contributed by atoms with Gasteiger partial charge >= 0.3 is 0 Å². The lowest BCUT2D eigenvalue weighted by Crippen LogP contribution is -2.23. The molecule has 114 valence electrons. The van der Waals surface area contributed by atoms with Crippen LogP contribution in [0.4, 0.5) is 15.8 Å². The normalized spacial score (nSPS) is 17.5. The van der Waals surface area contributed by atoms with E-state index in [0.29, 0.717) is 18.2 Å². The summed E-state index contributed by atoms with van der Waals surface area (Å²) in [6.45, 7) is 2.37. The molecule has 3 N–H and O–H groups in total. The SMILES string of the molecule is CC(=O)Nc1ccc(F)c(NC(=O)CCC2CCCN2)c1. The van der Waals surface area contributed by atoms with Gasteiger partial charge in [-0.1, -0.05) is 0 Å². The molecule has 2 rings (SSSR count). The van der Waals surface area contributed by atoms with Crippen LogP contribution in [0.15, 0.2) is 18.2 Å². The zero-order valence-corrected chi connectivity index (χ0v) is 12.0. The number of carbonyl (C=O) groups excluding carboxylic acids is 2. The molecule has 0 saturated carbocycles. The molecule has 1 unspecified atom stereocenters. The molecule has 1 saturated heterocycles. The van der Waals surface area contributed by atoms with Crippen LogP contribution in [0.5, 0.6) is 0 Å². The Hall–Kier alpha value is -1.95. The molecule has 1 aromatic rings. The average Bonchev–Trinajstić information content (AvgIpc) is 2.93. The van der Waals surface area contributed by atoms with Gasteiger partial charge in [-0.25, -0.2) is 4.39 Å². The van der Waals surface area contributed by atoms with E-state index in [2.05, 4.69) is 16.0 Å². The van der Waals surface area contributed by atoms with Gasteiger partial charge in [-0.3, -0.25) is 9.59 Å². The van der Waals surface area contributed by atoms with Crippen LogP contribution in [0.1, 0.15) is 32.6 Å². The number of benzene rings is 1. The quantitative estimate of drug-likeness (QED) is 0.780. The molecule has 1 aliphatic rings. The van der Waals surface area contributed by atoms with E-state index in [4.69, 9.17) is 0 Å². The Labute approximate surface area is 123 Å². The second-order valence-electron chi connectivity index (χ2n) is 5.26. The van der Waals surface area contributed by atoms with Crippen molar-refractivity contribution in [1.82, 2.24) is 5.32 Å². The fourth-order valence-electron chi connectivity index (χ4n) is 2.42. The van der Waals surface area contributed by atoms with E-state index in [1.807, 2.05) is 0 Å². The first-order valence-electron chi connectivity index (χ1n) is 7.15. The summed E-state index contributed by atoms with van der Waals surface area (Å²) in [5.41, 5.74) is 0.544. The van der Waals surface area contributed by atoms with Crippen LogP contribution in [-0.2, 0) is 9.59 Å². The summed E-state index contributed by atoms with van der Waals surface area (Å²) in [6, 6.07) is 4.47. The maximum Gasteiger partial charge on any atom is 0.224 e. The van der Waals surface area contributed by atoms with Crippen molar-refractivity contribution in [3.8, 4) is 0 Å². The van der Waals surface area contributed by atoms with E-state index in [1.165, 1.54) is 25.1 Å². The van der Waals surface area contributed by atoms with Gasteiger partial charge in [0, 0.05) is 25.1 Å². The molecule has 5 nitrogen and oxygen atoms in total. The minimum absolute atomic E-state index is 0.0885. The van der Waals surface area contributed by atoms with Crippen molar-refractivity contribution in [1.29, 1.82) is 0 Å². The van der Waals surface area contributed by atoms with Crippen LogP contribution in [0.3, 0.4) is 0 Å². The number of hydrogen-bond donors (Lipinski definition) is 3. The van der Waals surface area contributed by atoms with Gasteiger partial charge in [0.15, 0.2) is 0 Å². The topological polar surface area (TPSA) is 70.2 Å². The van der Waals surface area contributed by atoms with Gasteiger partial charge in [0.1, 0.15) is 5.82 Å². The Morgan fingerprint density at radius 2 is 2.19 bits per heavy atom. The van der Waals surface area contributed by atoms with Gasteiger partial charge in [0.2, 0.25) is 11.8 Å². The van der Waals surface area contributed by atoms with Gasteiger partial charge in [-0.2, -0.15) is 0 Å². The van der Waals surface area contributed by atoms with E-state index in [9.17, 15) is 14.0 Å². The molecule has 0 aromatic heterocycles. The summed E-state index contributed by atoms with van der Waals surface area (Å²) in [5, 5.41) is 8.43. The van der Waals surface area contributed by atoms with Crippen LogP contribution >= 0.6 is 0 Å². The molecule has 2 amide bonds. The fourth-order valence-corrected chi connectivity index (χ4v) is 2.42. The first kappa shape index (κ1) is 15.4. The molecule has 1 fully saturated rings. The largest absolute Gasteiger partial charge is 0.326 e.